The number of para-hydroxylation sites is 1. The van der Waals surface area contributed by atoms with Gasteiger partial charge in [0, 0.05) is 54.4 Å². The number of aromatic nitrogens is 1. The molecule has 1 aliphatic carbocycles. The molecule has 3 aliphatic rings. The Hall–Kier alpha value is -4.98. The van der Waals surface area contributed by atoms with E-state index in [2.05, 4.69) is 17.1 Å². The molecule has 8 nitrogen and oxygen atoms in total. The number of carboxylic acids is 1. The number of carbonyl (C=O) groups is 3. The summed E-state index contributed by atoms with van der Waals surface area (Å²) in [7, 11) is 0. The zero-order valence-electron chi connectivity index (χ0n) is 22.9. The first-order chi connectivity index (χ1) is 19.8. The minimum Gasteiger partial charge on any atom is -0.478 e. The average Bonchev–Trinajstić information content (AvgIpc) is 3.21. The molecule has 0 saturated heterocycles. The third kappa shape index (κ3) is 4.71. The van der Waals surface area contributed by atoms with Gasteiger partial charge >= 0.3 is 5.97 Å². The summed E-state index contributed by atoms with van der Waals surface area (Å²) in [5.41, 5.74) is 6.67. The Morgan fingerprint density at radius 3 is 2.59 bits per heavy atom. The summed E-state index contributed by atoms with van der Waals surface area (Å²) in [6, 6.07) is 17.4. The van der Waals surface area contributed by atoms with Crippen molar-refractivity contribution in [3.05, 3.63) is 119 Å². The van der Waals surface area contributed by atoms with E-state index in [4.69, 9.17) is 10.1 Å². The summed E-state index contributed by atoms with van der Waals surface area (Å²) in [4.78, 5) is 47.1. The summed E-state index contributed by atoms with van der Waals surface area (Å²) in [5, 5.41) is 13.0. The Labute approximate surface area is 238 Å². The summed E-state index contributed by atoms with van der Waals surface area (Å²) in [6.07, 6.45) is 7.78. The number of aliphatic carboxylic acids is 1. The number of hydrogen-bond donors (Lipinski definition) is 2. The molecule has 2 aliphatic heterocycles. The summed E-state index contributed by atoms with van der Waals surface area (Å²) >= 11 is 0. The number of nitrogens with one attached hydrogen (secondary N) is 1. The van der Waals surface area contributed by atoms with E-state index in [0.717, 1.165) is 56.8 Å². The van der Waals surface area contributed by atoms with Gasteiger partial charge in [-0.15, -0.1) is 0 Å². The van der Waals surface area contributed by atoms with Gasteiger partial charge in [-0.2, -0.15) is 0 Å². The van der Waals surface area contributed by atoms with Crippen molar-refractivity contribution in [3.63, 3.8) is 0 Å². The molecule has 2 amide bonds. The SMILES string of the molecule is CC1C2=CC=CC3=C1N(CCN3C(=O)/C=C/C(=O)O)Cc1c2nc2ccccc2c1C(=O)NC(C)c1ccccc1. The Bertz CT molecular complexity index is 1700. The van der Waals surface area contributed by atoms with Gasteiger partial charge in [0.25, 0.3) is 11.8 Å². The van der Waals surface area contributed by atoms with Gasteiger partial charge in [0.2, 0.25) is 0 Å². The lowest BCUT2D eigenvalue weighted by Gasteiger charge is -2.39. The number of fused-ring (bicyclic) bond motifs is 4. The molecule has 0 fully saturated rings. The number of carbonyl (C=O) groups excluding carboxylic acids is 2. The van der Waals surface area contributed by atoms with Crippen LogP contribution < -0.4 is 5.32 Å². The molecule has 41 heavy (non-hydrogen) atoms. The van der Waals surface area contributed by atoms with Crippen molar-refractivity contribution in [1.29, 1.82) is 0 Å². The van der Waals surface area contributed by atoms with E-state index in [-0.39, 0.29) is 23.8 Å². The number of carboxylic acid groups (broad SMARTS) is 1. The highest BCUT2D eigenvalue weighted by Gasteiger charge is 2.38. The maximum atomic E-state index is 14.1. The molecule has 1 aromatic heterocycles. The van der Waals surface area contributed by atoms with Crippen LogP contribution in [0, 0.1) is 5.92 Å². The number of amides is 2. The van der Waals surface area contributed by atoms with Crippen molar-refractivity contribution in [1.82, 2.24) is 20.1 Å². The first-order valence-corrected chi connectivity index (χ1v) is 13.7. The number of rotatable bonds is 5. The third-order valence-corrected chi connectivity index (χ3v) is 8.02. The van der Waals surface area contributed by atoms with E-state index in [0.29, 0.717) is 25.2 Å². The molecular weight excluding hydrogens is 516 g/mol. The molecule has 3 heterocycles. The highest BCUT2D eigenvalue weighted by Crippen LogP contribution is 2.44. The van der Waals surface area contributed by atoms with E-state index in [1.54, 1.807) is 4.90 Å². The van der Waals surface area contributed by atoms with Crippen LogP contribution in [0.1, 0.15) is 47.1 Å². The van der Waals surface area contributed by atoms with E-state index >= 15 is 0 Å². The molecule has 0 spiro atoms. The standard InChI is InChI=1S/C33H30N4O4/c1-20-23-12-8-14-27-32(20)36(17-18-37(27)28(38)15-16-29(39)40)19-25-30(24-11-6-7-13-26(24)35-31(23)25)33(41)34-21(2)22-9-4-3-5-10-22/h3-16,20-21H,17-19H2,1-2H3,(H,34,41)(H,39,40)/b16-15+. The number of hydrogen-bond acceptors (Lipinski definition) is 5. The van der Waals surface area contributed by atoms with Crippen LogP contribution in [-0.2, 0) is 16.1 Å². The number of pyridine rings is 1. The molecule has 0 saturated carbocycles. The highest BCUT2D eigenvalue weighted by atomic mass is 16.4. The zero-order chi connectivity index (χ0) is 28.7. The maximum Gasteiger partial charge on any atom is 0.328 e. The fourth-order valence-electron chi connectivity index (χ4n) is 6.07. The minimum absolute atomic E-state index is 0.117. The van der Waals surface area contributed by atoms with Gasteiger partial charge in [-0.3, -0.25) is 9.59 Å². The Balaban J connectivity index is 1.48. The van der Waals surface area contributed by atoms with Crippen LogP contribution in [0.25, 0.3) is 16.5 Å². The second kappa shape index (κ2) is 10.5. The molecule has 6 rings (SSSR count). The van der Waals surface area contributed by atoms with Crippen LogP contribution in [0.15, 0.2) is 96.4 Å². The first-order valence-electron chi connectivity index (χ1n) is 13.7. The van der Waals surface area contributed by atoms with E-state index in [1.807, 2.05) is 79.7 Å². The van der Waals surface area contributed by atoms with E-state index in [9.17, 15) is 14.4 Å². The Morgan fingerprint density at radius 1 is 1.05 bits per heavy atom. The van der Waals surface area contributed by atoms with Crippen LogP contribution in [0.5, 0.6) is 0 Å². The van der Waals surface area contributed by atoms with Gasteiger partial charge in [-0.25, -0.2) is 9.78 Å². The van der Waals surface area contributed by atoms with Crippen LogP contribution in [0.3, 0.4) is 0 Å². The quantitative estimate of drug-likeness (QED) is 0.445. The minimum atomic E-state index is -1.17. The summed E-state index contributed by atoms with van der Waals surface area (Å²) in [5.74, 6) is -1.82. The smallest absolute Gasteiger partial charge is 0.328 e. The Kier molecular flexibility index (Phi) is 6.75. The molecule has 206 valence electrons. The van der Waals surface area contributed by atoms with Crippen LogP contribution in [0.2, 0.25) is 0 Å². The predicted molar refractivity (Wildman–Crippen MR) is 156 cm³/mol. The van der Waals surface area contributed by atoms with Gasteiger partial charge in [-0.05, 0) is 30.2 Å². The average molecular weight is 547 g/mol. The lowest BCUT2D eigenvalue weighted by atomic mass is 9.90. The van der Waals surface area contributed by atoms with Crippen molar-refractivity contribution in [2.75, 3.05) is 13.1 Å². The molecule has 2 bridgehead atoms. The molecule has 8 heteroatoms. The largest absolute Gasteiger partial charge is 0.478 e. The summed E-state index contributed by atoms with van der Waals surface area (Å²) in [6.45, 7) is 5.44. The number of benzene rings is 2. The lowest BCUT2D eigenvalue weighted by molar-refractivity contribution is -0.132. The van der Waals surface area contributed by atoms with E-state index in [1.165, 1.54) is 0 Å². The molecule has 2 unspecified atom stereocenters. The van der Waals surface area contributed by atoms with Gasteiger partial charge < -0.3 is 20.2 Å². The van der Waals surface area contributed by atoms with Gasteiger partial charge in [0.15, 0.2) is 0 Å². The second-order valence-electron chi connectivity index (χ2n) is 10.5. The third-order valence-electron chi connectivity index (χ3n) is 8.02. The molecule has 2 atom stereocenters. The molecule has 2 aromatic carbocycles. The zero-order valence-corrected chi connectivity index (χ0v) is 22.9. The second-order valence-corrected chi connectivity index (χ2v) is 10.5. The van der Waals surface area contributed by atoms with Crippen molar-refractivity contribution in [2.45, 2.75) is 26.4 Å². The monoisotopic (exact) mass is 546 g/mol. The normalized spacial score (nSPS) is 18.5. The van der Waals surface area contributed by atoms with Crippen molar-refractivity contribution in [3.8, 4) is 0 Å². The molecule has 0 radical (unpaired) electrons. The predicted octanol–water partition coefficient (Wildman–Crippen LogP) is 4.83. The van der Waals surface area contributed by atoms with Gasteiger partial charge in [0.1, 0.15) is 0 Å². The molecule has 2 N–H and O–H groups in total. The first kappa shape index (κ1) is 26.3. The van der Waals surface area contributed by atoms with Crippen LogP contribution in [-0.4, -0.2) is 50.8 Å². The number of allylic oxidation sites excluding steroid dienone is 4. The Morgan fingerprint density at radius 2 is 1.80 bits per heavy atom. The van der Waals surface area contributed by atoms with Gasteiger partial charge in [0.05, 0.1) is 28.5 Å². The highest BCUT2D eigenvalue weighted by molar-refractivity contribution is 6.09. The van der Waals surface area contributed by atoms with Crippen LogP contribution in [0.4, 0.5) is 0 Å². The maximum absolute atomic E-state index is 14.1. The van der Waals surface area contributed by atoms with E-state index < -0.39 is 5.97 Å². The van der Waals surface area contributed by atoms with Gasteiger partial charge in [-0.1, -0.05) is 67.6 Å². The fraction of sp³-hybridized carbons (Fsp3) is 0.212. The topological polar surface area (TPSA) is 103 Å². The summed E-state index contributed by atoms with van der Waals surface area (Å²) < 4.78 is 0. The number of nitrogens with zero attached hydrogens (tertiary/aromatic N) is 3. The van der Waals surface area contributed by atoms with Crippen molar-refractivity contribution >= 4 is 34.3 Å². The lowest BCUT2D eigenvalue weighted by Crippen LogP contribution is -2.44. The van der Waals surface area contributed by atoms with Crippen molar-refractivity contribution < 1.29 is 19.5 Å². The van der Waals surface area contributed by atoms with Crippen molar-refractivity contribution in [2.24, 2.45) is 5.92 Å². The molecule has 3 aromatic rings. The van der Waals surface area contributed by atoms with Crippen LogP contribution >= 0.6 is 0 Å². The fourth-order valence-corrected chi connectivity index (χ4v) is 6.07. The molecular formula is C33H30N4O4.